The van der Waals surface area contributed by atoms with Gasteiger partial charge in [-0.2, -0.15) is 13.2 Å². The second kappa shape index (κ2) is 3.77. The lowest BCUT2D eigenvalue weighted by atomic mass is 10.1. The predicted octanol–water partition coefficient (Wildman–Crippen LogP) is 3.92. The topological polar surface area (TPSA) is 33.1 Å². The number of aromatic nitrogens is 1. The number of fused-ring (bicyclic) bond motifs is 1. The molecule has 2 aromatic rings. The first-order valence-electron chi connectivity index (χ1n) is 4.66. The maximum absolute atomic E-state index is 12.6. The van der Waals surface area contributed by atoms with Gasteiger partial charge in [0, 0.05) is 16.0 Å². The van der Waals surface area contributed by atoms with Crippen LogP contribution in [0.15, 0.2) is 18.2 Å². The van der Waals surface area contributed by atoms with Gasteiger partial charge in [-0.25, -0.2) is 4.98 Å². The number of rotatable bonds is 0. The third kappa shape index (κ3) is 2.02. The molecule has 1 aromatic carbocycles. The molecule has 0 saturated heterocycles. The van der Waals surface area contributed by atoms with Crippen molar-refractivity contribution in [1.29, 1.82) is 0 Å². The smallest absolute Gasteiger partial charge is 0.433 e. The monoisotopic (exact) mass is 261 g/mol. The molecular formula is C11H7ClF3NO. The van der Waals surface area contributed by atoms with Crippen LogP contribution >= 0.6 is 11.6 Å². The molecule has 0 unspecified atom stereocenters. The highest BCUT2D eigenvalue weighted by Gasteiger charge is 2.36. The van der Waals surface area contributed by atoms with Crippen molar-refractivity contribution in [3.63, 3.8) is 0 Å². The highest BCUT2D eigenvalue weighted by atomic mass is 35.5. The lowest BCUT2D eigenvalue weighted by Crippen LogP contribution is -2.10. The lowest BCUT2D eigenvalue weighted by molar-refractivity contribution is -0.141. The number of pyridine rings is 1. The highest BCUT2D eigenvalue weighted by Crippen LogP contribution is 2.38. The Morgan fingerprint density at radius 1 is 1.29 bits per heavy atom. The first-order valence-corrected chi connectivity index (χ1v) is 5.04. The van der Waals surface area contributed by atoms with Gasteiger partial charge in [-0.3, -0.25) is 0 Å². The summed E-state index contributed by atoms with van der Waals surface area (Å²) in [6.45, 7) is 1.17. The summed E-state index contributed by atoms with van der Waals surface area (Å²) in [4.78, 5) is 3.50. The fraction of sp³-hybridized carbons (Fsp3) is 0.182. The van der Waals surface area contributed by atoms with E-state index in [1.807, 2.05) is 0 Å². The number of aromatic hydroxyl groups is 1. The summed E-state index contributed by atoms with van der Waals surface area (Å²) >= 11 is 5.71. The Labute approximate surface area is 99.7 Å². The SMILES string of the molecule is Cc1c(C(F)(F)F)nc2ccc(Cl)cc2c1O. The van der Waals surface area contributed by atoms with Crippen LogP contribution in [0.4, 0.5) is 13.2 Å². The summed E-state index contributed by atoms with van der Waals surface area (Å²) in [5.41, 5.74) is -1.32. The maximum Gasteiger partial charge on any atom is 0.433 e. The van der Waals surface area contributed by atoms with E-state index >= 15 is 0 Å². The number of nitrogens with zero attached hydrogens (tertiary/aromatic N) is 1. The first kappa shape index (κ1) is 12.0. The molecule has 0 aliphatic heterocycles. The van der Waals surface area contributed by atoms with E-state index in [0.29, 0.717) is 5.02 Å². The number of hydrogen-bond donors (Lipinski definition) is 1. The fourth-order valence-electron chi connectivity index (χ4n) is 1.59. The minimum absolute atomic E-state index is 0.0600. The summed E-state index contributed by atoms with van der Waals surface area (Å²) in [6, 6.07) is 4.14. The van der Waals surface area contributed by atoms with Gasteiger partial charge in [0.25, 0.3) is 0 Å². The summed E-state index contributed by atoms with van der Waals surface area (Å²) in [5, 5.41) is 10.3. The zero-order valence-corrected chi connectivity index (χ0v) is 9.39. The standard InChI is InChI=1S/C11H7ClF3NO/c1-5-9(17)7-4-6(12)2-3-8(7)16-10(5)11(13,14)15/h2-4H,1H3,(H,16,17). The van der Waals surface area contributed by atoms with Crippen molar-refractivity contribution >= 4 is 22.5 Å². The van der Waals surface area contributed by atoms with Gasteiger partial charge >= 0.3 is 6.18 Å². The van der Waals surface area contributed by atoms with Crippen molar-refractivity contribution < 1.29 is 18.3 Å². The van der Waals surface area contributed by atoms with E-state index in [2.05, 4.69) is 4.98 Å². The molecule has 0 bridgehead atoms. The van der Waals surface area contributed by atoms with E-state index in [1.165, 1.54) is 25.1 Å². The average Bonchev–Trinajstić information content (AvgIpc) is 2.22. The van der Waals surface area contributed by atoms with Crippen LogP contribution in [0.2, 0.25) is 5.02 Å². The largest absolute Gasteiger partial charge is 0.507 e. The maximum atomic E-state index is 12.6. The van der Waals surface area contributed by atoms with Gasteiger partial charge in [-0.05, 0) is 25.1 Å². The fourth-order valence-corrected chi connectivity index (χ4v) is 1.76. The minimum atomic E-state index is -4.59. The number of alkyl halides is 3. The first-order chi connectivity index (χ1) is 7.80. The van der Waals surface area contributed by atoms with Crippen LogP contribution in [0, 0.1) is 6.92 Å². The average molecular weight is 262 g/mol. The minimum Gasteiger partial charge on any atom is -0.507 e. The molecule has 17 heavy (non-hydrogen) atoms. The van der Waals surface area contributed by atoms with E-state index in [-0.39, 0.29) is 16.5 Å². The normalized spacial score (nSPS) is 12.1. The van der Waals surface area contributed by atoms with Gasteiger partial charge < -0.3 is 5.11 Å². The molecule has 6 heteroatoms. The second-order valence-electron chi connectivity index (χ2n) is 3.59. The Bertz CT molecular complexity index is 595. The molecule has 0 spiro atoms. The Balaban J connectivity index is 2.85. The predicted molar refractivity (Wildman–Crippen MR) is 58.2 cm³/mol. The van der Waals surface area contributed by atoms with Gasteiger partial charge in [0.1, 0.15) is 5.75 Å². The quantitative estimate of drug-likeness (QED) is 0.780. The van der Waals surface area contributed by atoms with Gasteiger partial charge in [0.2, 0.25) is 0 Å². The molecule has 2 nitrogen and oxygen atoms in total. The summed E-state index contributed by atoms with van der Waals surface area (Å²) < 4.78 is 37.9. The van der Waals surface area contributed by atoms with Crippen LogP contribution in [0.5, 0.6) is 5.75 Å². The van der Waals surface area contributed by atoms with E-state index in [9.17, 15) is 18.3 Å². The zero-order chi connectivity index (χ0) is 12.8. The second-order valence-corrected chi connectivity index (χ2v) is 4.03. The van der Waals surface area contributed by atoms with Gasteiger partial charge in [0.15, 0.2) is 5.69 Å². The van der Waals surface area contributed by atoms with Crippen molar-refractivity contribution in [3.05, 3.63) is 34.5 Å². The Morgan fingerprint density at radius 3 is 2.53 bits per heavy atom. The number of hydrogen-bond acceptors (Lipinski definition) is 2. The molecule has 1 heterocycles. The molecule has 0 atom stereocenters. The Hall–Kier alpha value is -1.49. The zero-order valence-electron chi connectivity index (χ0n) is 8.64. The number of halogens is 4. The molecule has 1 aromatic heterocycles. The van der Waals surface area contributed by atoms with Gasteiger partial charge in [-0.1, -0.05) is 11.6 Å². The molecule has 0 saturated carbocycles. The van der Waals surface area contributed by atoms with Crippen molar-refractivity contribution in [2.45, 2.75) is 13.1 Å². The molecule has 90 valence electrons. The molecule has 0 amide bonds. The van der Waals surface area contributed by atoms with Crippen LogP contribution < -0.4 is 0 Å². The molecule has 0 aliphatic carbocycles. The van der Waals surface area contributed by atoms with Gasteiger partial charge in [-0.15, -0.1) is 0 Å². The van der Waals surface area contributed by atoms with Crippen LogP contribution in [0.25, 0.3) is 10.9 Å². The Kier molecular flexibility index (Phi) is 2.66. The summed E-state index contributed by atoms with van der Waals surface area (Å²) in [6.07, 6.45) is -4.59. The van der Waals surface area contributed by atoms with Crippen LogP contribution in [0.1, 0.15) is 11.3 Å². The van der Waals surface area contributed by atoms with E-state index in [0.717, 1.165) is 0 Å². The highest BCUT2D eigenvalue weighted by molar-refractivity contribution is 6.31. The third-order valence-corrected chi connectivity index (χ3v) is 2.66. The van der Waals surface area contributed by atoms with Crippen molar-refractivity contribution in [2.75, 3.05) is 0 Å². The summed E-state index contributed by atoms with van der Waals surface area (Å²) in [7, 11) is 0. The van der Waals surface area contributed by atoms with Crippen molar-refractivity contribution in [2.24, 2.45) is 0 Å². The molecule has 0 aliphatic rings. The van der Waals surface area contributed by atoms with E-state index < -0.39 is 17.6 Å². The van der Waals surface area contributed by atoms with E-state index in [4.69, 9.17) is 11.6 Å². The van der Waals surface area contributed by atoms with Crippen LogP contribution in [-0.4, -0.2) is 10.1 Å². The van der Waals surface area contributed by atoms with Crippen LogP contribution in [0.3, 0.4) is 0 Å². The molecule has 0 fully saturated rings. The van der Waals surface area contributed by atoms with Crippen molar-refractivity contribution in [1.82, 2.24) is 4.98 Å². The molecular weight excluding hydrogens is 255 g/mol. The third-order valence-electron chi connectivity index (χ3n) is 2.42. The van der Waals surface area contributed by atoms with Crippen molar-refractivity contribution in [3.8, 4) is 5.75 Å². The molecule has 2 rings (SSSR count). The molecule has 1 N–H and O–H groups in total. The van der Waals surface area contributed by atoms with E-state index in [1.54, 1.807) is 0 Å². The molecule has 0 radical (unpaired) electrons. The number of benzene rings is 1. The summed E-state index contributed by atoms with van der Waals surface area (Å²) in [5.74, 6) is -0.440. The lowest BCUT2D eigenvalue weighted by Gasteiger charge is -2.12. The van der Waals surface area contributed by atoms with Crippen LogP contribution in [-0.2, 0) is 6.18 Å². The Morgan fingerprint density at radius 2 is 1.94 bits per heavy atom. The van der Waals surface area contributed by atoms with Gasteiger partial charge in [0.05, 0.1) is 5.52 Å².